The van der Waals surface area contributed by atoms with Crippen molar-refractivity contribution >= 4 is 26.8 Å². The van der Waals surface area contributed by atoms with E-state index in [0.717, 1.165) is 10.9 Å². The smallest absolute Gasteiger partial charge is 0.358 e. The number of imidazole rings is 1. The number of rotatable bonds is 6. The van der Waals surface area contributed by atoms with Gasteiger partial charge in [-0.25, -0.2) is 19.1 Å². The molecule has 2 N–H and O–H groups in total. The molecule has 18 nitrogen and oxygen atoms in total. The van der Waals surface area contributed by atoms with Gasteiger partial charge >= 0.3 is 21.8 Å². The Bertz CT molecular complexity index is 1580. The topological polar surface area (TPSA) is 198 Å². The second-order valence-electron chi connectivity index (χ2n) is 12.0. The van der Waals surface area contributed by atoms with Crippen molar-refractivity contribution in [3.8, 4) is 0 Å². The highest BCUT2D eigenvalue weighted by atomic mass is 31.3. The van der Waals surface area contributed by atoms with Gasteiger partial charge in [-0.2, -0.15) is 17.5 Å². The van der Waals surface area contributed by atoms with E-state index in [2.05, 4.69) is 70.1 Å². The van der Waals surface area contributed by atoms with Gasteiger partial charge in [-0.05, 0) is 53.1 Å². The lowest BCUT2D eigenvalue weighted by Crippen LogP contribution is -2.32. The normalized spacial score (nSPS) is 29.4. The minimum atomic E-state index is -5.25. The molecule has 300 valence electrons. The number of aromatic nitrogens is 4. The molecule has 4 aliphatic heterocycles. The van der Waals surface area contributed by atoms with Crippen LogP contribution in [0.3, 0.4) is 0 Å². The predicted molar refractivity (Wildman–Crippen MR) is 180 cm³/mol. The molecular formula is C29H51F3N6O12P2. The van der Waals surface area contributed by atoms with Crippen LogP contribution in [0, 0.1) is 0 Å². The van der Waals surface area contributed by atoms with Crippen LogP contribution >= 0.6 is 15.6 Å². The molecule has 2 saturated heterocycles. The summed E-state index contributed by atoms with van der Waals surface area (Å²) >= 11 is 0. The molecule has 23 heteroatoms. The summed E-state index contributed by atoms with van der Waals surface area (Å²) in [5, 5.41) is 0. The van der Waals surface area contributed by atoms with Crippen LogP contribution in [0.4, 0.5) is 13.2 Å². The standard InChI is InChI=1S/C17H21F3N4O12P2.2C6H15N/c1-16(2)34-10-8-5-32-38(28,29)36-37(26,27)31-4-3-30-7-23-6-21-12-9(13(23)25)22-15(17(18,19)20)24(12)14(33-8)11(10)35-16;2*1-4-7(5-2)6-3/h6,8,10-11,14H,3-5,7H2,1-2H3,(H,26,27)(H,28,29);2*4-6H2,1-3H3/t8-,10-,11-,14-;;/m1../s1. The first-order valence-corrected chi connectivity index (χ1v) is 20.0. The van der Waals surface area contributed by atoms with Gasteiger partial charge in [-0.3, -0.25) is 23.0 Å². The van der Waals surface area contributed by atoms with Crippen LogP contribution in [0.5, 0.6) is 0 Å². The van der Waals surface area contributed by atoms with Crippen molar-refractivity contribution in [3.05, 3.63) is 22.5 Å². The Kier molecular flexibility index (Phi) is 16.0. The number of alkyl halides is 3. The maximum absolute atomic E-state index is 14.1. The van der Waals surface area contributed by atoms with Crippen molar-refractivity contribution < 1.29 is 64.4 Å². The highest BCUT2D eigenvalue weighted by Gasteiger charge is 2.58. The summed E-state index contributed by atoms with van der Waals surface area (Å²) in [5.74, 6) is -2.84. The van der Waals surface area contributed by atoms with Crippen molar-refractivity contribution in [2.75, 3.05) is 59.1 Å². The molecule has 0 spiro atoms. The zero-order valence-electron chi connectivity index (χ0n) is 30.6. The van der Waals surface area contributed by atoms with Crippen molar-refractivity contribution in [3.63, 3.8) is 0 Å². The number of halogens is 3. The van der Waals surface area contributed by atoms with E-state index in [9.17, 15) is 36.9 Å². The Morgan fingerprint density at radius 3 is 1.96 bits per heavy atom. The third kappa shape index (κ3) is 11.6. The summed E-state index contributed by atoms with van der Waals surface area (Å²) in [6.07, 6.45) is -9.52. The van der Waals surface area contributed by atoms with E-state index < -0.39 is 101 Å². The van der Waals surface area contributed by atoms with Gasteiger partial charge in [0.2, 0.25) is 5.82 Å². The summed E-state index contributed by atoms with van der Waals surface area (Å²) in [6.45, 7) is 20.8. The van der Waals surface area contributed by atoms with Crippen LogP contribution in [0.15, 0.2) is 11.1 Å². The molecule has 6 rings (SSSR count). The number of nitrogens with zero attached hydrogens (tertiary/aromatic N) is 6. The molecule has 0 amide bonds. The molecule has 6 atom stereocenters. The number of phosphoric acid groups is 2. The molecule has 6 heterocycles. The molecule has 2 fully saturated rings. The van der Waals surface area contributed by atoms with E-state index in [1.807, 2.05) is 0 Å². The van der Waals surface area contributed by atoms with Crippen LogP contribution in [-0.2, 0) is 54.3 Å². The number of ether oxygens (including phenoxy) is 4. The molecule has 2 unspecified atom stereocenters. The first kappa shape index (κ1) is 44.6. The van der Waals surface area contributed by atoms with Gasteiger partial charge in [0.1, 0.15) is 31.4 Å². The fourth-order valence-electron chi connectivity index (χ4n) is 5.60. The van der Waals surface area contributed by atoms with Gasteiger partial charge in [0.05, 0.1) is 19.8 Å². The van der Waals surface area contributed by atoms with Gasteiger partial charge in [-0.15, -0.1) is 0 Å². The van der Waals surface area contributed by atoms with Gasteiger partial charge in [0, 0.05) is 0 Å². The van der Waals surface area contributed by atoms with Gasteiger partial charge in [0.25, 0.3) is 5.56 Å². The molecule has 52 heavy (non-hydrogen) atoms. The fraction of sp³-hybridized carbons (Fsp3) is 0.828. The molecule has 0 aliphatic carbocycles. The summed E-state index contributed by atoms with van der Waals surface area (Å²) in [6, 6.07) is 0. The highest BCUT2D eigenvalue weighted by molar-refractivity contribution is 7.61. The second kappa shape index (κ2) is 18.7. The Balaban J connectivity index is 0.000000441. The summed E-state index contributed by atoms with van der Waals surface area (Å²) in [4.78, 5) is 44.8. The third-order valence-electron chi connectivity index (χ3n) is 8.31. The number of hydrogen-bond donors (Lipinski definition) is 2. The number of hydrogen-bond acceptors (Lipinski definition) is 14. The quantitative estimate of drug-likeness (QED) is 0.398. The molecule has 2 aromatic heterocycles. The largest absolute Gasteiger partial charge is 0.481 e. The van der Waals surface area contributed by atoms with Gasteiger partial charge < -0.3 is 38.5 Å². The molecule has 0 saturated carbocycles. The summed E-state index contributed by atoms with van der Waals surface area (Å²) in [7, 11) is -10.4. The summed E-state index contributed by atoms with van der Waals surface area (Å²) < 4.78 is 104. The number of fused-ring (bicyclic) bond motifs is 11. The van der Waals surface area contributed by atoms with E-state index in [1.165, 1.54) is 53.1 Å². The van der Waals surface area contributed by atoms with E-state index in [-0.39, 0.29) is 0 Å². The Morgan fingerprint density at radius 2 is 1.44 bits per heavy atom. The molecular weight excluding hydrogens is 743 g/mol. The third-order valence-corrected chi connectivity index (χ3v) is 10.9. The summed E-state index contributed by atoms with van der Waals surface area (Å²) in [5.41, 5.74) is -2.09. The van der Waals surface area contributed by atoms with Crippen LogP contribution in [0.1, 0.15) is 67.4 Å². The monoisotopic (exact) mass is 794 g/mol. The van der Waals surface area contributed by atoms with Crippen molar-refractivity contribution in [2.45, 2.75) is 98.6 Å². The second-order valence-corrected chi connectivity index (χ2v) is 15.1. The first-order valence-electron chi connectivity index (χ1n) is 17.0. The van der Waals surface area contributed by atoms with Crippen molar-refractivity contribution in [1.82, 2.24) is 28.9 Å². The van der Waals surface area contributed by atoms with Crippen LogP contribution in [0.25, 0.3) is 11.2 Å². The average molecular weight is 795 g/mol. The molecule has 4 aliphatic rings. The van der Waals surface area contributed by atoms with E-state index >= 15 is 0 Å². The Morgan fingerprint density at radius 1 is 0.904 bits per heavy atom. The van der Waals surface area contributed by atoms with Crippen LogP contribution in [-0.4, -0.2) is 122 Å². The lowest BCUT2D eigenvalue weighted by Gasteiger charge is -2.26. The SMILES string of the molecule is CC1(C)O[C@@H]2[C@H](O1)[C@H]1COP(=O)(O)OP(=O)(O)OCCOCn3cnc4c(nc(C(F)(F)F)n4[C@@H]2O1)c3=O.CCN(CC)CC.CCN(CC)CC. The number of phosphoric ester groups is 2. The minimum absolute atomic E-state index is 0.428. The predicted octanol–water partition coefficient (Wildman–Crippen LogP) is 3.96. The maximum atomic E-state index is 14.1. The van der Waals surface area contributed by atoms with E-state index in [1.54, 1.807) is 0 Å². The van der Waals surface area contributed by atoms with Crippen LogP contribution < -0.4 is 5.56 Å². The average Bonchev–Trinajstić information content (AvgIpc) is 3.71. The lowest BCUT2D eigenvalue weighted by molar-refractivity contribution is -0.203. The van der Waals surface area contributed by atoms with Gasteiger partial charge in [-0.1, -0.05) is 41.5 Å². The highest BCUT2D eigenvalue weighted by Crippen LogP contribution is 2.60. The Labute approximate surface area is 300 Å². The molecule has 2 aromatic rings. The minimum Gasteiger partial charge on any atom is -0.358 e. The Hall–Kier alpha value is -1.84. The van der Waals surface area contributed by atoms with Gasteiger partial charge in [0.15, 0.2) is 23.2 Å². The van der Waals surface area contributed by atoms with E-state index in [0.29, 0.717) is 4.57 Å². The molecule has 0 radical (unpaired) electrons. The first-order chi connectivity index (χ1) is 24.3. The molecule has 0 aromatic carbocycles. The molecule has 6 bridgehead atoms. The lowest BCUT2D eigenvalue weighted by atomic mass is 10.1. The zero-order valence-corrected chi connectivity index (χ0v) is 32.4. The fourth-order valence-corrected chi connectivity index (χ4v) is 7.66. The van der Waals surface area contributed by atoms with Crippen molar-refractivity contribution in [1.29, 1.82) is 0 Å². The van der Waals surface area contributed by atoms with E-state index in [4.69, 9.17) is 23.5 Å². The van der Waals surface area contributed by atoms with Crippen LogP contribution in [0.2, 0.25) is 0 Å². The maximum Gasteiger partial charge on any atom is 0.481 e. The van der Waals surface area contributed by atoms with Crippen molar-refractivity contribution in [2.24, 2.45) is 0 Å². The zero-order chi connectivity index (χ0) is 39.1.